The average molecular weight is 388 g/mol. The number of hydrogen-bond acceptors (Lipinski definition) is 6. The quantitative estimate of drug-likeness (QED) is 0.544. The smallest absolute Gasteiger partial charge is 0.259 e. The zero-order valence-corrected chi connectivity index (χ0v) is 15.8. The Morgan fingerprint density at radius 2 is 1.75 bits per heavy atom. The molecule has 0 bridgehead atoms. The Bertz CT molecular complexity index is 1080. The molecule has 0 unspecified atom stereocenters. The summed E-state index contributed by atoms with van der Waals surface area (Å²) in [6, 6.07) is 15.0. The zero-order chi connectivity index (χ0) is 19.3. The number of benzene rings is 1. The van der Waals surface area contributed by atoms with Crippen molar-refractivity contribution in [1.82, 2.24) is 15.0 Å². The van der Waals surface area contributed by atoms with E-state index in [1.165, 1.54) is 17.5 Å². The SMILES string of the molecule is COc1ccc(-c2nc(NC(=O)c3cccnc3)sc2-c2ccncc2)cc1. The van der Waals surface area contributed by atoms with E-state index in [9.17, 15) is 4.79 Å². The van der Waals surface area contributed by atoms with Gasteiger partial charge in [-0.1, -0.05) is 11.3 Å². The highest BCUT2D eigenvalue weighted by Gasteiger charge is 2.17. The van der Waals surface area contributed by atoms with Gasteiger partial charge in [0.1, 0.15) is 5.75 Å². The van der Waals surface area contributed by atoms with Gasteiger partial charge < -0.3 is 4.74 Å². The van der Waals surface area contributed by atoms with Crippen LogP contribution in [0.3, 0.4) is 0 Å². The molecule has 138 valence electrons. The minimum absolute atomic E-state index is 0.246. The van der Waals surface area contributed by atoms with Gasteiger partial charge in [0.25, 0.3) is 5.91 Å². The lowest BCUT2D eigenvalue weighted by atomic mass is 10.1. The molecule has 1 amide bonds. The number of carbonyl (C=O) groups is 1. The second kappa shape index (κ2) is 7.98. The summed E-state index contributed by atoms with van der Waals surface area (Å²) in [5.74, 6) is 0.527. The third kappa shape index (κ3) is 3.74. The van der Waals surface area contributed by atoms with E-state index in [1.54, 1.807) is 37.8 Å². The summed E-state index contributed by atoms with van der Waals surface area (Å²) in [5.41, 5.74) is 3.19. The summed E-state index contributed by atoms with van der Waals surface area (Å²) in [4.78, 5) is 26.2. The van der Waals surface area contributed by atoms with Crippen LogP contribution in [0.25, 0.3) is 21.7 Å². The van der Waals surface area contributed by atoms with Gasteiger partial charge in [-0.15, -0.1) is 0 Å². The average Bonchev–Trinajstić information content (AvgIpc) is 3.19. The molecule has 1 aromatic carbocycles. The lowest BCUT2D eigenvalue weighted by Gasteiger charge is -2.04. The molecule has 0 saturated carbocycles. The van der Waals surface area contributed by atoms with Gasteiger partial charge in [-0.2, -0.15) is 0 Å². The van der Waals surface area contributed by atoms with E-state index in [4.69, 9.17) is 4.74 Å². The van der Waals surface area contributed by atoms with Gasteiger partial charge in [-0.3, -0.25) is 20.1 Å². The molecule has 0 aliphatic heterocycles. The molecule has 4 aromatic rings. The van der Waals surface area contributed by atoms with Gasteiger partial charge in [0.15, 0.2) is 5.13 Å². The number of nitrogens with zero attached hydrogens (tertiary/aromatic N) is 3. The van der Waals surface area contributed by atoms with Crippen molar-refractivity contribution in [3.8, 4) is 27.4 Å². The Morgan fingerprint density at radius 1 is 0.964 bits per heavy atom. The fourth-order valence-electron chi connectivity index (χ4n) is 2.68. The lowest BCUT2D eigenvalue weighted by Crippen LogP contribution is -2.11. The highest BCUT2D eigenvalue weighted by atomic mass is 32.1. The predicted octanol–water partition coefficient (Wildman–Crippen LogP) is 4.53. The number of carbonyl (C=O) groups excluding carboxylic acids is 1. The topological polar surface area (TPSA) is 77.0 Å². The number of aromatic nitrogens is 3. The Morgan fingerprint density at radius 3 is 2.43 bits per heavy atom. The van der Waals surface area contributed by atoms with E-state index in [0.717, 1.165) is 27.4 Å². The first kappa shape index (κ1) is 17.8. The molecule has 0 radical (unpaired) electrons. The summed E-state index contributed by atoms with van der Waals surface area (Å²) in [6.45, 7) is 0. The van der Waals surface area contributed by atoms with E-state index in [1.807, 2.05) is 36.4 Å². The molecule has 6 nitrogen and oxygen atoms in total. The zero-order valence-electron chi connectivity index (χ0n) is 15.0. The first-order valence-electron chi connectivity index (χ1n) is 8.51. The molecular weight excluding hydrogens is 372 g/mol. The van der Waals surface area contributed by atoms with Crippen molar-refractivity contribution in [3.05, 3.63) is 78.9 Å². The first-order valence-corrected chi connectivity index (χ1v) is 9.33. The highest BCUT2D eigenvalue weighted by Crippen LogP contribution is 2.39. The number of pyridine rings is 2. The predicted molar refractivity (Wildman–Crippen MR) is 110 cm³/mol. The third-order valence-corrected chi connectivity index (χ3v) is 5.10. The monoisotopic (exact) mass is 388 g/mol. The summed E-state index contributed by atoms with van der Waals surface area (Å²) in [7, 11) is 1.63. The number of hydrogen-bond donors (Lipinski definition) is 1. The minimum atomic E-state index is -0.246. The number of rotatable bonds is 5. The third-order valence-electron chi connectivity index (χ3n) is 4.08. The second-order valence-electron chi connectivity index (χ2n) is 5.86. The summed E-state index contributed by atoms with van der Waals surface area (Å²) in [6.07, 6.45) is 6.63. The molecule has 0 saturated heterocycles. The van der Waals surface area contributed by atoms with Gasteiger partial charge in [0, 0.05) is 30.4 Å². The van der Waals surface area contributed by atoms with Gasteiger partial charge in [-0.05, 0) is 54.1 Å². The fourth-order valence-corrected chi connectivity index (χ4v) is 3.67. The van der Waals surface area contributed by atoms with Crippen LogP contribution in [0.2, 0.25) is 0 Å². The van der Waals surface area contributed by atoms with Crippen LogP contribution < -0.4 is 10.1 Å². The van der Waals surface area contributed by atoms with Crippen LogP contribution in [-0.2, 0) is 0 Å². The number of anilines is 1. The van der Waals surface area contributed by atoms with Crippen LogP contribution in [-0.4, -0.2) is 28.0 Å². The molecule has 0 aliphatic rings. The largest absolute Gasteiger partial charge is 0.497 e. The summed E-state index contributed by atoms with van der Waals surface area (Å²) < 4.78 is 5.24. The van der Waals surface area contributed by atoms with Crippen molar-refractivity contribution in [1.29, 1.82) is 0 Å². The molecule has 28 heavy (non-hydrogen) atoms. The Kier molecular flexibility index (Phi) is 5.07. The van der Waals surface area contributed by atoms with Crippen LogP contribution in [0, 0.1) is 0 Å². The van der Waals surface area contributed by atoms with E-state index >= 15 is 0 Å². The molecule has 0 fully saturated rings. The second-order valence-corrected chi connectivity index (χ2v) is 6.86. The van der Waals surface area contributed by atoms with E-state index in [2.05, 4.69) is 20.3 Å². The number of ether oxygens (including phenoxy) is 1. The maximum atomic E-state index is 12.5. The number of thiazole rings is 1. The van der Waals surface area contributed by atoms with Crippen molar-refractivity contribution in [2.45, 2.75) is 0 Å². The molecule has 3 aromatic heterocycles. The summed E-state index contributed by atoms with van der Waals surface area (Å²) in [5, 5.41) is 3.39. The Balaban J connectivity index is 1.72. The molecule has 4 rings (SSSR count). The van der Waals surface area contributed by atoms with Crippen LogP contribution in [0.5, 0.6) is 5.75 Å². The van der Waals surface area contributed by atoms with Crippen molar-refractivity contribution in [3.63, 3.8) is 0 Å². The number of methoxy groups -OCH3 is 1. The Hall–Kier alpha value is -3.58. The van der Waals surface area contributed by atoms with E-state index in [-0.39, 0.29) is 5.91 Å². The lowest BCUT2D eigenvalue weighted by molar-refractivity contribution is 0.102. The van der Waals surface area contributed by atoms with Crippen molar-refractivity contribution >= 4 is 22.4 Å². The van der Waals surface area contributed by atoms with Gasteiger partial charge in [0.05, 0.1) is 23.2 Å². The first-order chi connectivity index (χ1) is 13.7. The number of nitrogens with one attached hydrogen (secondary N) is 1. The van der Waals surface area contributed by atoms with Gasteiger partial charge >= 0.3 is 0 Å². The maximum Gasteiger partial charge on any atom is 0.259 e. The van der Waals surface area contributed by atoms with E-state index in [0.29, 0.717) is 10.7 Å². The molecule has 3 heterocycles. The van der Waals surface area contributed by atoms with Crippen LogP contribution in [0.4, 0.5) is 5.13 Å². The minimum Gasteiger partial charge on any atom is -0.497 e. The fraction of sp³-hybridized carbons (Fsp3) is 0.0476. The molecule has 7 heteroatoms. The van der Waals surface area contributed by atoms with Crippen molar-refractivity contribution < 1.29 is 9.53 Å². The van der Waals surface area contributed by atoms with Gasteiger partial charge in [0.2, 0.25) is 0 Å². The summed E-state index contributed by atoms with van der Waals surface area (Å²) >= 11 is 1.42. The Labute approximate surface area is 165 Å². The van der Waals surface area contributed by atoms with Crippen LogP contribution >= 0.6 is 11.3 Å². The normalized spacial score (nSPS) is 10.5. The molecule has 0 atom stereocenters. The van der Waals surface area contributed by atoms with Crippen molar-refractivity contribution in [2.24, 2.45) is 0 Å². The molecule has 0 aliphatic carbocycles. The highest BCUT2D eigenvalue weighted by molar-refractivity contribution is 7.19. The van der Waals surface area contributed by atoms with Crippen LogP contribution in [0.1, 0.15) is 10.4 Å². The molecular formula is C21H16N4O2S. The van der Waals surface area contributed by atoms with E-state index < -0.39 is 0 Å². The standard InChI is InChI=1S/C21H16N4O2S/c1-27-17-6-4-14(5-7-17)18-19(15-8-11-22-12-9-15)28-21(24-18)25-20(26)16-3-2-10-23-13-16/h2-13H,1H3,(H,24,25,26). The maximum absolute atomic E-state index is 12.5. The van der Waals surface area contributed by atoms with Crippen molar-refractivity contribution in [2.75, 3.05) is 12.4 Å². The molecule has 0 spiro atoms. The van der Waals surface area contributed by atoms with Crippen LogP contribution in [0.15, 0.2) is 73.3 Å². The molecule has 1 N–H and O–H groups in total. The van der Waals surface area contributed by atoms with Gasteiger partial charge in [-0.25, -0.2) is 4.98 Å². The number of amides is 1.